The highest BCUT2D eigenvalue weighted by Crippen LogP contribution is 2.34. The highest BCUT2D eigenvalue weighted by molar-refractivity contribution is 8.00. The number of carbonyl (C=O) groups is 2. The van der Waals surface area contributed by atoms with Gasteiger partial charge in [0.05, 0.1) is 6.54 Å². The largest absolute Gasteiger partial charge is 0.451 e. The van der Waals surface area contributed by atoms with Gasteiger partial charge in [-0.05, 0) is 13.0 Å². The minimum atomic E-state index is -0.0827. The molecule has 164 valence electrons. The van der Waals surface area contributed by atoms with Crippen molar-refractivity contribution in [3.8, 4) is 0 Å². The third-order valence-corrected chi connectivity index (χ3v) is 7.51. The minimum absolute atomic E-state index is 0.0776. The normalized spacial score (nSPS) is 14.9. The second-order valence-electron chi connectivity index (χ2n) is 7.81. The van der Waals surface area contributed by atoms with Crippen molar-refractivity contribution in [2.45, 2.75) is 17.0 Å². The van der Waals surface area contributed by atoms with Crippen LogP contribution in [0.1, 0.15) is 21.8 Å². The smallest absolute Gasteiger partial charge is 0.290 e. The number of amides is 2. The fourth-order valence-corrected chi connectivity index (χ4v) is 5.41. The average Bonchev–Trinajstić information content (AvgIpc) is 3.35. The Labute approximate surface area is 190 Å². The first kappa shape index (κ1) is 21.9. The van der Waals surface area contributed by atoms with E-state index in [0.29, 0.717) is 44.2 Å². The predicted octanol–water partition coefficient (Wildman–Crippen LogP) is 3.34. The van der Waals surface area contributed by atoms with E-state index in [-0.39, 0.29) is 11.8 Å². The number of benzene rings is 1. The monoisotopic (exact) mass is 458 g/mol. The van der Waals surface area contributed by atoms with Crippen LogP contribution in [-0.2, 0) is 10.5 Å². The van der Waals surface area contributed by atoms with Gasteiger partial charge in [0.15, 0.2) is 5.76 Å². The lowest BCUT2D eigenvalue weighted by atomic mass is 10.1. The second kappa shape index (κ2) is 9.42. The summed E-state index contributed by atoms with van der Waals surface area (Å²) >= 11 is 3.24. The van der Waals surface area contributed by atoms with Crippen LogP contribution in [0.5, 0.6) is 0 Å². The molecule has 7 nitrogen and oxygen atoms in total. The number of aromatic nitrogens is 1. The number of furan rings is 1. The molecule has 4 rings (SSSR count). The molecule has 2 amide bonds. The van der Waals surface area contributed by atoms with E-state index in [1.807, 2.05) is 41.5 Å². The third-order valence-electron chi connectivity index (χ3n) is 5.35. The molecule has 3 heterocycles. The Morgan fingerprint density at radius 1 is 1.19 bits per heavy atom. The molecular formula is C22H26N4O3S2. The highest BCUT2D eigenvalue weighted by atomic mass is 32.2. The molecule has 0 aliphatic carbocycles. The van der Waals surface area contributed by atoms with Gasteiger partial charge in [-0.15, -0.1) is 11.3 Å². The summed E-state index contributed by atoms with van der Waals surface area (Å²) in [6.07, 6.45) is 0. The molecule has 0 bridgehead atoms. The summed E-state index contributed by atoms with van der Waals surface area (Å²) in [7, 11) is 3.52. The lowest BCUT2D eigenvalue weighted by molar-refractivity contribution is -0.130. The van der Waals surface area contributed by atoms with Crippen molar-refractivity contribution in [3.63, 3.8) is 0 Å². The number of carbonyl (C=O) groups excluding carboxylic acids is 2. The van der Waals surface area contributed by atoms with Gasteiger partial charge < -0.3 is 14.2 Å². The van der Waals surface area contributed by atoms with Gasteiger partial charge in [0, 0.05) is 68.1 Å². The molecular weight excluding hydrogens is 432 g/mol. The van der Waals surface area contributed by atoms with Gasteiger partial charge >= 0.3 is 0 Å². The van der Waals surface area contributed by atoms with Gasteiger partial charge in [-0.2, -0.15) is 0 Å². The van der Waals surface area contributed by atoms with Crippen molar-refractivity contribution in [2.24, 2.45) is 0 Å². The molecule has 1 aliphatic rings. The Morgan fingerprint density at radius 2 is 1.94 bits per heavy atom. The molecule has 3 aromatic rings. The van der Waals surface area contributed by atoms with Crippen molar-refractivity contribution >= 4 is 45.9 Å². The second-order valence-corrected chi connectivity index (χ2v) is 9.89. The number of aryl methyl sites for hydroxylation is 1. The maximum Gasteiger partial charge on any atom is 0.290 e. The standard InChI is InChI=1S/C22H26N4O3S2/c1-15-13-30-22(23-15)31-14-17-16-6-4-5-7-18(16)29-20(17)21(28)26-10-8-25(9-11-26)12-19(27)24(2)3/h4-7,13H,8-12,14H2,1-3H3. The quantitative estimate of drug-likeness (QED) is 0.528. The SMILES string of the molecule is Cc1csc(SCc2c(C(=O)N3CCN(CC(=O)N(C)C)CC3)oc3ccccc23)n1. The van der Waals surface area contributed by atoms with E-state index in [2.05, 4.69) is 9.88 Å². The van der Waals surface area contributed by atoms with Crippen LogP contribution in [0.2, 0.25) is 0 Å². The summed E-state index contributed by atoms with van der Waals surface area (Å²) in [5.74, 6) is 1.04. The number of thioether (sulfide) groups is 1. The summed E-state index contributed by atoms with van der Waals surface area (Å²) in [5.41, 5.74) is 2.65. The number of piperazine rings is 1. The molecule has 9 heteroatoms. The molecule has 1 saturated heterocycles. The maximum absolute atomic E-state index is 13.4. The zero-order valence-corrected chi connectivity index (χ0v) is 19.6. The fourth-order valence-electron chi connectivity index (χ4n) is 3.53. The van der Waals surface area contributed by atoms with Crippen LogP contribution in [0.3, 0.4) is 0 Å². The molecule has 31 heavy (non-hydrogen) atoms. The minimum Gasteiger partial charge on any atom is -0.451 e. The van der Waals surface area contributed by atoms with E-state index in [1.54, 1.807) is 42.1 Å². The first-order chi connectivity index (χ1) is 14.9. The lowest BCUT2D eigenvalue weighted by Crippen LogP contribution is -2.51. The van der Waals surface area contributed by atoms with Crippen molar-refractivity contribution in [1.29, 1.82) is 0 Å². The predicted molar refractivity (Wildman–Crippen MR) is 124 cm³/mol. The molecule has 1 aromatic carbocycles. The molecule has 0 N–H and O–H groups in total. The molecule has 0 unspecified atom stereocenters. The molecule has 0 atom stereocenters. The summed E-state index contributed by atoms with van der Waals surface area (Å²) in [6, 6.07) is 7.79. The highest BCUT2D eigenvalue weighted by Gasteiger charge is 2.28. The van der Waals surface area contributed by atoms with Crippen LogP contribution in [-0.4, -0.2) is 78.3 Å². The Morgan fingerprint density at radius 3 is 2.61 bits per heavy atom. The zero-order chi connectivity index (χ0) is 22.0. The van der Waals surface area contributed by atoms with Crippen LogP contribution in [0.4, 0.5) is 0 Å². The summed E-state index contributed by atoms with van der Waals surface area (Å²) in [4.78, 5) is 35.4. The Kier molecular flexibility index (Phi) is 6.64. The number of rotatable bonds is 6. The summed E-state index contributed by atoms with van der Waals surface area (Å²) in [6.45, 7) is 4.87. The van der Waals surface area contributed by atoms with E-state index in [9.17, 15) is 9.59 Å². The van der Waals surface area contributed by atoms with Gasteiger partial charge in [-0.25, -0.2) is 4.98 Å². The lowest BCUT2D eigenvalue weighted by Gasteiger charge is -2.34. The van der Waals surface area contributed by atoms with E-state index in [1.165, 1.54) is 0 Å². The Bertz CT molecular complexity index is 1080. The molecule has 1 aliphatic heterocycles. The number of hydrogen-bond acceptors (Lipinski definition) is 7. The number of thiazole rings is 1. The topological polar surface area (TPSA) is 69.9 Å². The summed E-state index contributed by atoms with van der Waals surface area (Å²) in [5, 5.41) is 3.00. The van der Waals surface area contributed by atoms with Crippen molar-refractivity contribution in [2.75, 3.05) is 46.8 Å². The molecule has 1 fully saturated rings. The van der Waals surface area contributed by atoms with Crippen molar-refractivity contribution in [1.82, 2.24) is 19.7 Å². The molecule has 0 spiro atoms. The van der Waals surface area contributed by atoms with E-state index in [4.69, 9.17) is 4.42 Å². The van der Waals surface area contributed by atoms with Crippen LogP contribution >= 0.6 is 23.1 Å². The number of nitrogens with zero attached hydrogens (tertiary/aromatic N) is 4. The van der Waals surface area contributed by atoms with Crippen molar-refractivity contribution in [3.05, 3.63) is 46.7 Å². The van der Waals surface area contributed by atoms with Gasteiger partial charge in [-0.3, -0.25) is 14.5 Å². The van der Waals surface area contributed by atoms with Gasteiger partial charge in [0.1, 0.15) is 9.92 Å². The average molecular weight is 459 g/mol. The van der Waals surface area contributed by atoms with Crippen molar-refractivity contribution < 1.29 is 14.0 Å². The summed E-state index contributed by atoms with van der Waals surface area (Å²) < 4.78 is 7.02. The molecule has 2 aromatic heterocycles. The Balaban J connectivity index is 1.49. The molecule has 0 saturated carbocycles. The number of para-hydroxylation sites is 1. The van der Waals surface area contributed by atoms with Crippen LogP contribution < -0.4 is 0 Å². The first-order valence-electron chi connectivity index (χ1n) is 10.2. The fraction of sp³-hybridized carbons (Fsp3) is 0.409. The molecule has 0 radical (unpaired) electrons. The third kappa shape index (κ3) is 4.94. The van der Waals surface area contributed by atoms with E-state index in [0.717, 1.165) is 26.6 Å². The first-order valence-corrected chi connectivity index (χ1v) is 12.1. The van der Waals surface area contributed by atoms with Crippen LogP contribution in [0.25, 0.3) is 11.0 Å². The Hall–Kier alpha value is -2.36. The van der Waals surface area contributed by atoms with Crippen LogP contribution in [0, 0.1) is 6.92 Å². The number of likely N-dealkylation sites (N-methyl/N-ethyl adjacent to an activating group) is 1. The maximum atomic E-state index is 13.4. The van der Waals surface area contributed by atoms with Gasteiger partial charge in [-0.1, -0.05) is 30.0 Å². The van der Waals surface area contributed by atoms with Gasteiger partial charge in [0.2, 0.25) is 5.91 Å². The van der Waals surface area contributed by atoms with Gasteiger partial charge in [0.25, 0.3) is 5.91 Å². The number of fused-ring (bicyclic) bond motifs is 1. The van der Waals surface area contributed by atoms with E-state index >= 15 is 0 Å². The van der Waals surface area contributed by atoms with E-state index < -0.39 is 0 Å². The van der Waals surface area contributed by atoms with Crippen LogP contribution in [0.15, 0.2) is 38.4 Å². The zero-order valence-electron chi connectivity index (χ0n) is 18.0. The number of hydrogen-bond donors (Lipinski definition) is 0.